The fourth-order valence-corrected chi connectivity index (χ4v) is 10.1. The van der Waals surface area contributed by atoms with Crippen molar-refractivity contribution in [2.45, 2.75) is 367 Å². The number of hydrogen-bond acceptors (Lipinski definition) is 6. The van der Waals surface area contributed by atoms with Crippen molar-refractivity contribution in [3.63, 3.8) is 0 Å². The summed E-state index contributed by atoms with van der Waals surface area (Å²) in [6.07, 6.45) is 81.6. The van der Waals surface area contributed by atoms with Gasteiger partial charge in [0, 0.05) is 19.3 Å². The minimum Gasteiger partial charge on any atom is -0.462 e. The molecule has 0 rings (SSSR count). The average Bonchev–Trinajstić information content (AvgIpc) is 3.42. The fraction of sp³-hybridized carbons (Fsp3) is 0.843. The summed E-state index contributed by atoms with van der Waals surface area (Å²) in [5.74, 6) is -0.952. The van der Waals surface area contributed by atoms with E-state index in [4.69, 9.17) is 14.2 Å². The van der Waals surface area contributed by atoms with E-state index in [2.05, 4.69) is 63.3 Å². The molecule has 0 fully saturated rings. The van der Waals surface area contributed by atoms with Crippen molar-refractivity contribution in [2.24, 2.45) is 0 Å². The van der Waals surface area contributed by atoms with Crippen LogP contribution in [-0.4, -0.2) is 37.2 Å². The van der Waals surface area contributed by atoms with Gasteiger partial charge in [-0.15, -0.1) is 0 Å². The topological polar surface area (TPSA) is 78.9 Å². The number of carbonyl (C=O) groups excluding carboxylic acids is 3. The maximum Gasteiger partial charge on any atom is 0.306 e. The van der Waals surface area contributed by atoms with Gasteiger partial charge in [-0.1, -0.05) is 345 Å². The smallest absolute Gasteiger partial charge is 0.306 e. The normalized spacial score (nSPS) is 12.3. The molecule has 6 nitrogen and oxygen atoms in total. The molecule has 0 spiro atoms. The van der Waals surface area contributed by atoms with Gasteiger partial charge in [-0.05, 0) is 44.9 Å². The maximum atomic E-state index is 12.9. The van der Waals surface area contributed by atoms with Gasteiger partial charge in [0.1, 0.15) is 13.2 Å². The third-order valence-corrected chi connectivity index (χ3v) is 15.1. The van der Waals surface area contributed by atoms with Crippen LogP contribution in [0, 0.1) is 0 Å². The second-order valence-electron chi connectivity index (χ2n) is 22.7. The highest BCUT2D eigenvalue weighted by Crippen LogP contribution is 2.18. The molecule has 0 heterocycles. The summed E-state index contributed by atoms with van der Waals surface area (Å²) in [5, 5.41) is 0. The van der Waals surface area contributed by atoms with Gasteiger partial charge < -0.3 is 14.2 Å². The summed E-state index contributed by atoms with van der Waals surface area (Å²) in [6.45, 7) is 6.53. The lowest BCUT2D eigenvalue weighted by Crippen LogP contribution is -2.30. The Bertz CT molecular complexity index is 1310. The van der Waals surface area contributed by atoms with Crippen LogP contribution < -0.4 is 0 Å². The molecular weight excluding hydrogens is 937 g/mol. The first-order valence-electron chi connectivity index (χ1n) is 33.6. The molecule has 0 aromatic heterocycles. The van der Waals surface area contributed by atoms with Crippen molar-refractivity contribution in [3.8, 4) is 0 Å². The Morgan fingerprint density at radius 2 is 0.513 bits per heavy atom. The first kappa shape index (κ1) is 73.4. The van der Waals surface area contributed by atoms with E-state index in [0.29, 0.717) is 19.3 Å². The van der Waals surface area contributed by atoms with E-state index in [1.54, 1.807) is 0 Å². The molecule has 0 amide bonds. The number of allylic oxidation sites excluding steroid dienone is 8. The van der Waals surface area contributed by atoms with E-state index in [1.807, 2.05) is 6.08 Å². The molecule has 0 N–H and O–H groups in total. The van der Waals surface area contributed by atoms with E-state index >= 15 is 0 Å². The van der Waals surface area contributed by atoms with Gasteiger partial charge >= 0.3 is 17.9 Å². The first-order chi connectivity index (χ1) is 37.5. The lowest BCUT2D eigenvalue weighted by atomic mass is 10.0. The molecule has 0 aromatic carbocycles. The monoisotopic (exact) mass is 1060 g/mol. The summed E-state index contributed by atoms with van der Waals surface area (Å²) in [4.78, 5) is 38.3. The minimum atomic E-state index is -0.799. The predicted octanol–water partition coefficient (Wildman–Crippen LogP) is 22.9. The van der Waals surface area contributed by atoms with Crippen LogP contribution >= 0.6 is 0 Å². The van der Waals surface area contributed by atoms with Gasteiger partial charge in [-0.25, -0.2) is 0 Å². The fourth-order valence-electron chi connectivity index (χ4n) is 10.1. The van der Waals surface area contributed by atoms with Gasteiger partial charge in [0.2, 0.25) is 0 Å². The summed E-state index contributed by atoms with van der Waals surface area (Å²) >= 11 is 0. The lowest BCUT2D eigenvalue weighted by Gasteiger charge is -2.18. The average molecular weight is 1070 g/mol. The van der Waals surface area contributed by atoms with Crippen molar-refractivity contribution in [1.29, 1.82) is 0 Å². The molecule has 1 unspecified atom stereocenters. The van der Waals surface area contributed by atoms with Gasteiger partial charge in [0.15, 0.2) is 6.10 Å². The zero-order valence-corrected chi connectivity index (χ0v) is 51.0. The second kappa shape index (κ2) is 64.9. The zero-order chi connectivity index (χ0) is 55.0. The molecule has 0 radical (unpaired) electrons. The van der Waals surface area contributed by atoms with Crippen molar-refractivity contribution >= 4 is 17.9 Å². The molecule has 0 aliphatic heterocycles. The molecule has 1 atom stereocenters. The number of carbonyl (C=O) groups is 3. The van der Waals surface area contributed by atoms with Gasteiger partial charge in [-0.3, -0.25) is 14.4 Å². The summed E-state index contributed by atoms with van der Waals surface area (Å²) in [7, 11) is 0. The molecule has 0 saturated carbocycles. The van der Waals surface area contributed by atoms with Crippen LogP contribution in [0.1, 0.15) is 361 Å². The van der Waals surface area contributed by atoms with Crippen molar-refractivity contribution in [3.05, 3.63) is 48.6 Å². The van der Waals surface area contributed by atoms with Crippen LogP contribution in [0.3, 0.4) is 0 Å². The Morgan fingerprint density at radius 1 is 0.276 bits per heavy atom. The number of unbranched alkanes of at least 4 members (excludes halogenated alkanes) is 43. The summed E-state index contributed by atoms with van der Waals surface area (Å²) in [6, 6.07) is 0. The Balaban J connectivity index is 4.21. The molecule has 0 saturated heterocycles. The van der Waals surface area contributed by atoms with E-state index in [-0.39, 0.29) is 37.5 Å². The van der Waals surface area contributed by atoms with E-state index < -0.39 is 6.10 Å². The van der Waals surface area contributed by atoms with E-state index in [1.165, 1.54) is 250 Å². The second-order valence-corrected chi connectivity index (χ2v) is 22.7. The number of esters is 3. The SMILES string of the molecule is CC/C=C\C/C=C\C/C=C\C/C=C\CCC(=O)OCC(COC(=O)CCCCCCCCCCCCCCCCCCCCCCCCCCCCCC)OC(=O)CCCCCCCCCCCCCCCCCCC. The standard InChI is InChI=1S/C70H128O6/c1-4-7-10-13-16-19-22-25-27-29-30-31-32-33-34-35-36-37-38-39-41-42-45-48-51-54-57-60-63-69(72)75-66-67(65-74-68(71)62-59-56-53-50-47-44-24-21-18-15-12-9-6-3)76-70(73)64-61-58-55-52-49-46-43-40-28-26-23-20-17-14-11-8-5-2/h9,12,18,21,44,47,53,56,67H,4-8,10-11,13-17,19-20,22-43,45-46,48-52,54-55,57-66H2,1-3H3/b12-9-,21-18-,47-44-,56-53-. The van der Waals surface area contributed by atoms with Crippen LogP contribution in [0.25, 0.3) is 0 Å². The van der Waals surface area contributed by atoms with Gasteiger partial charge in [0.25, 0.3) is 0 Å². The highest BCUT2D eigenvalue weighted by atomic mass is 16.6. The van der Waals surface area contributed by atoms with Crippen molar-refractivity contribution in [1.82, 2.24) is 0 Å². The summed E-state index contributed by atoms with van der Waals surface area (Å²) < 4.78 is 16.9. The molecule has 0 aliphatic rings. The maximum absolute atomic E-state index is 12.9. The van der Waals surface area contributed by atoms with Gasteiger partial charge in [-0.2, -0.15) is 0 Å². The zero-order valence-electron chi connectivity index (χ0n) is 51.0. The molecule has 0 bridgehead atoms. The number of ether oxygens (including phenoxy) is 3. The largest absolute Gasteiger partial charge is 0.462 e. The van der Waals surface area contributed by atoms with Crippen LogP contribution in [0.4, 0.5) is 0 Å². The lowest BCUT2D eigenvalue weighted by molar-refractivity contribution is -0.166. The van der Waals surface area contributed by atoms with Crippen molar-refractivity contribution in [2.75, 3.05) is 13.2 Å². The van der Waals surface area contributed by atoms with Crippen LogP contribution in [0.5, 0.6) is 0 Å². The first-order valence-corrected chi connectivity index (χ1v) is 33.6. The Hall–Kier alpha value is -2.63. The Morgan fingerprint density at radius 3 is 0.803 bits per heavy atom. The van der Waals surface area contributed by atoms with Crippen LogP contribution in [0.2, 0.25) is 0 Å². The highest BCUT2D eigenvalue weighted by Gasteiger charge is 2.19. The number of hydrogen-bond donors (Lipinski definition) is 0. The predicted molar refractivity (Wildman–Crippen MR) is 330 cm³/mol. The third-order valence-electron chi connectivity index (χ3n) is 15.1. The number of rotatable bonds is 62. The quantitative estimate of drug-likeness (QED) is 0.0261. The Kier molecular flexibility index (Phi) is 62.6. The molecule has 0 aliphatic carbocycles. The van der Waals surface area contributed by atoms with Crippen molar-refractivity contribution < 1.29 is 28.6 Å². The minimum absolute atomic E-state index is 0.0900. The third kappa shape index (κ3) is 62.2. The molecule has 444 valence electrons. The highest BCUT2D eigenvalue weighted by molar-refractivity contribution is 5.71. The van der Waals surface area contributed by atoms with E-state index in [9.17, 15) is 14.4 Å². The van der Waals surface area contributed by atoms with Crippen LogP contribution in [-0.2, 0) is 28.6 Å². The molecule has 76 heavy (non-hydrogen) atoms. The van der Waals surface area contributed by atoms with E-state index in [0.717, 1.165) is 64.2 Å². The van der Waals surface area contributed by atoms with Gasteiger partial charge in [0.05, 0.1) is 0 Å². The Labute approximate surface area is 473 Å². The summed E-state index contributed by atoms with van der Waals surface area (Å²) in [5.41, 5.74) is 0. The molecular formula is C70H128O6. The molecule has 6 heteroatoms. The van der Waals surface area contributed by atoms with Crippen LogP contribution in [0.15, 0.2) is 48.6 Å². The molecule has 0 aromatic rings.